The van der Waals surface area contributed by atoms with E-state index in [0.29, 0.717) is 11.6 Å². The zero-order valence-electron chi connectivity index (χ0n) is 11.8. The van der Waals surface area contributed by atoms with Crippen LogP contribution in [0.1, 0.15) is 22.5 Å². The first kappa shape index (κ1) is 13.5. The number of rotatable bonds is 4. The third-order valence-corrected chi connectivity index (χ3v) is 2.89. The summed E-state index contributed by atoms with van der Waals surface area (Å²) in [6.07, 6.45) is 1.72. The molecule has 0 amide bonds. The van der Waals surface area contributed by atoms with E-state index < -0.39 is 0 Å². The van der Waals surface area contributed by atoms with Crippen LogP contribution in [0.2, 0.25) is 0 Å². The van der Waals surface area contributed by atoms with E-state index in [4.69, 9.17) is 4.74 Å². The molecule has 100 valence electrons. The predicted molar refractivity (Wildman–Crippen MR) is 75.5 cm³/mol. The highest BCUT2D eigenvalue weighted by Gasteiger charge is 2.10. The van der Waals surface area contributed by atoms with Crippen LogP contribution in [0.3, 0.4) is 0 Å². The number of nitrogens with one attached hydrogen (secondary N) is 1. The normalized spacial score (nSPS) is 10.5. The monoisotopic (exact) mass is 257 g/mol. The zero-order chi connectivity index (χ0) is 13.8. The fourth-order valence-electron chi connectivity index (χ4n) is 1.93. The molecule has 2 aromatic rings. The molecular weight excluding hydrogens is 238 g/mol. The van der Waals surface area contributed by atoms with Crippen molar-refractivity contribution >= 4 is 0 Å². The average molecular weight is 257 g/mol. The van der Waals surface area contributed by atoms with Gasteiger partial charge in [-0.3, -0.25) is 4.98 Å². The molecule has 2 rings (SSSR count). The molecule has 0 bridgehead atoms. The summed E-state index contributed by atoms with van der Waals surface area (Å²) in [6.45, 7) is 6.72. The van der Waals surface area contributed by atoms with Crippen molar-refractivity contribution < 1.29 is 4.74 Å². The van der Waals surface area contributed by atoms with Crippen molar-refractivity contribution in [2.24, 2.45) is 0 Å². The van der Waals surface area contributed by atoms with Gasteiger partial charge in [0.05, 0.1) is 6.20 Å². The SMILES string of the molecule is CNCc1c(C)cc(C)nc1Oc1ccc(C)nc1. The molecule has 0 fully saturated rings. The quantitative estimate of drug-likeness (QED) is 0.914. The number of aryl methyl sites for hydroxylation is 3. The molecule has 0 radical (unpaired) electrons. The molecule has 0 aliphatic rings. The summed E-state index contributed by atoms with van der Waals surface area (Å²) in [6, 6.07) is 5.90. The van der Waals surface area contributed by atoms with Crippen LogP contribution in [0.15, 0.2) is 24.4 Å². The predicted octanol–water partition coefficient (Wildman–Crippen LogP) is 2.91. The van der Waals surface area contributed by atoms with Crippen LogP contribution >= 0.6 is 0 Å². The van der Waals surface area contributed by atoms with Crippen molar-refractivity contribution in [3.8, 4) is 11.6 Å². The summed E-state index contributed by atoms with van der Waals surface area (Å²) in [7, 11) is 1.91. The van der Waals surface area contributed by atoms with E-state index in [1.807, 2.05) is 33.0 Å². The number of hydrogen-bond acceptors (Lipinski definition) is 4. The van der Waals surface area contributed by atoms with Gasteiger partial charge in [0.25, 0.3) is 0 Å². The first-order valence-corrected chi connectivity index (χ1v) is 6.32. The lowest BCUT2D eigenvalue weighted by Crippen LogP contribution is -2.09. The molecule has 2 aromatic heterocycles. The van der Waals surface area contributed by atoms with Crippen LogP contribution in [-0.2, 0) is 6.54 Å². The third-order valence-electron chi connectivity index (χ3n) is 2.89. The van der Waals surface area contributed by atoms with Gasteiger partial charge in [0, 0.05) is 23.5 Å². The highest BCUT2D eigenvalue weighted by Crippen LogP contribution is 2.26. The van der Waals surface area contributed by atoms with Gasteiger partial charge >= 0.3 is 0 Å². The molecule has 1 N–H and O–H groups in total. The topological polar surface area (TPSA) is 47.0 Å². The Kier molecular flexibility index (Phi) is 4.12. The van der Waals surface area contributed by atoms with Gasteiger partial charge in [0.1, 0.15) is 5.75 Å². The lowest BCUT2D eigenvalue weighted by atomic mass is 10.1. The minimum atomic E-state index is 0.650. The lowest BCUT2D eigenvalue weighted by molar-refractivity contribution is 0.450. The first-order chi connectivity index (χ1) is 9.10. The molecule has 0 aliphatic carbocycles. The molecule has 0 aromatic carbocycles. The Morgan fingerprint density at radius 3 is 2.58 bits per heavy atom. The van der Waals surface area contributed by atoms with E-state index in [2.05, 4.69) is 28.3 Å². The number of hydrogen-bond donors (Lipinski definition) is 1. The van der Waals surface area contributed by atoms with Gasteiger partial charge in [0.15, 0.2) is 0 Å². The Labute approximate surface area is 113 Å². The molecule has 0 atom stereocenters. The van der Waals surface area contributed by atoms with Crippen molar-refractivity contribution in [2.75, 3.05) is 7.05 Å². The van der Waals surface area contributed by atoms with E-state index in [1.54, 1.807) is 6.20 Å². The van der Waals surface area contributed by atoms with Crippen LogP contribution in [0.4, 0.5) is 0 Å². The number of ether oxygens (including phenoxy) is 1. The second kappa shape index (κ2) is 5.80. The van der Waals surface area contributed by atoms with Gasteiger partial charge in [-0.2, -0.15) is 0 Å². The Morgan fingerprint density at radius 1 is 1.16 bits per heavy atom. The second-order valence-corrected chi connectivity index (χ2v) is 4.63. The maximum atomic E-state index is 5.87. The van der Waals surface area contributed by atoms with Crippen molar-refractivity contribution in [2.45, 2.75) is 27.3 Å². The highest BCUT2D eigenvalue weighted by atomic mass is 16.5. The summed E-state index contributed by atoms with van der Waals surface area (Å²) in [5, 5.41) is 3.14. The summed E-state index contributed by atoms with van der Waals surface area (Å²) in [5.41, 5.74) is 4.18. The summed E-state index contributed by atoms with van der Waals surface area (Å²) in [4.78, 5) is 8.71. The molecule has 2 heterocycles. The molecule has 0 saturated heterocycles. The summed E-state index contributed by atoms with van der Waals surface area (Å²) < 4.78 is 5.87. The molecule has 0 unspecified atom stereocenters. The lowest BCUT2D eigenvalue weighted by Gasteiger charge is -2.13. The third kappa shape index (κ3) is 3.29. The van der Waals surface area contributed by atoms with Gasteiger partial charge in [-0.05, 0) is 51.6 Å². The van der Waals surface area contributed by atoms with Crippen LogP contribution in [0, 0.1) is 20.8 Å². The van der Waals surface area contributed by atoms with Gasteiger partial charge in [-0.1, -0.05) is 0 Å². The molecule has 19 heavy (non-hydrogen) atoms. The maximum absolute atomic E-state index is 5.87. The molecule has 4 heteroatoms. The molecule has 0 spiro atoms. The van der Waals surface area contributed by atoms with Crippen molar-refractivity contribution in [1.82, 2.24) is 15.3 Å². The largest absolute Gasteiger partial charge is 0.437 e. The van der Waals surface area contributed by atoms with Crippen LogP contribution in [-0.4, -0.2) is 17.0 Å². The fraction of sp³-hybridized carbons (Fsp3) is 0.333. The Hall–Kier alpha value is -1.94. The van der Waals surface area contributed by atoms with E-state index in [-0.39, 0.29) is 0 Å². The van der Waals surface area contributed by atoms with Crippen LogP contribution < -0.4 is 10.1 Å². The van der Waals surface area contributed by atoms with E-state index in [9.17, 15) is 0 Å². The number of aromatic nitrogens is 2. The highest BCUT2D eigenvalue weighted by molar-refractivity contribution is 5.38. The van der Waals surface area contributed by atoms with Gasteiger partial charge in [0.2, 0.25) is 5.88 Å². The van der Waals surface area contributed by atoms with E-state index >= 15 is 0 Å². The van der Waals surface area contributed by atoms with E-state index in [1.165, 1.54) is 5.56 Å². The fourth-order valence-corrected chi connectivity index (χ4v) is 1.93. The molecule has 4 nitrogen and oxygen atoms in total. The molecular formula is C15H19N3O. The maximum Gasteiger partial charge on any atom is 0.224 e. The van der Waals surface area contributed by atoms with Gasteiger partial charge in [-0.25, -0.2) is 4.98 Å². The zero-order valence-corrected chi connectivity index (χ0v) is 11.8. The Bertz CT molecular complexity index is 564. The van der Waals surface area contributed by atoms with Gasteiger partial charge in [-0.15, -0.1) is 0 Å². The minimum absolute atomic E-state index is 0.650. The second-order valence-electron chi connectivity index (χ2n) is 4.63. The summed E-state index contributed by atoms with van der Waals surface area (Å²) >= 11 is 0. The Morgan fingerprint density at radius 2 is 1.95 bits per heavy atom. The first-order valence-electron chi connectivity index (χ1n) is 6.32. The molecule has 0 aliphatic heterocycles. The number of nitrogens with zero attached hydrogens (tertiary/aromatic N) is 2. The smallest absolute Gasteiger partial charge is 0.224 e. The van der Waals surface area contributed by atoms with Crippen LogP contribution in [0.25, 0.3) is 0 Å². The minimum Gasteiger partial charge on any atom is -0.437 e. The molecule has 0 saturated carbocycles. The standard InChI is InChI=1S/C15H19N3O/c1-10-7-12(3)18-15(14(10)9-16-4)19-13-6-5-11(2)17-8-13/h5-8,16H,9H2,1-4H3. The van der Waals surface area contributed by atoms with E-state index in [0.717, 1.165) is 23.5 Å². The number of pyridine rings is 2. The van der Waals surface area contributed by atoms with Crippen molar-refractivity contribution in [1.29, 1.82) is 0 Å². The van der Waals surface area contributed by atoms with Crippen LogP contribution in [0.5, 0.6) is 11.6 Å². The summed E-state index contributed by atoms with van der Waals surface area (Å²) in [5.74, 6) is 1.36. The Balaban J connectivity index is 2.35. The van der Waals surface area contributed by atoms with Gasteiger partial charge < -0.3 is 10.1 Å². The van der Waals surface area contributed by atoms with Crippen molar-refractivity contribution in [3.63, 3.8) is 0 Å². The van der Waals surface area contributed by atoms with Crippen molar-refractivity contribution in [3.05, 3.63) is 46.9 Å². The average Bonchev–Trinajstić information content (AvgIpc) is 2.36.